The lowest BCUT2D eigenvalue weighted by Gasteiger charge is -2.05. The van der Waals surface area contributed by atoms with E-state index in [2.05, 4.69) is 10.5 Å². The van der Waals surface area contributed by atoms with E-state index >= 15 is 0 Å². The minimum atomic E-state index is -0.341. The number of hydrogen-bond donors (Lipinski definition) is 1. The summed E-state index contributed by atoms with van der Waals surface area (Å²) in [6.45, 7) is -0.130. The Morgan fingerprint density at radius 1 is 1.04 bits per heavy atom. The van der Waals surface area contributed by atoms with Gasteiger partial charge in [-0.15, -0.1) is 0 Å². The van der Waals surface area contributed by atoms with Gasteiger partial charge < -0.3 is 4.74 Å². The highest BCUT2D eigenvalue weighted by atomic mass is 35.5. The number of carbonyl (C=O) groups is 1. The van der Waals surface area contributed by atoms with Crippen LogP contribution in [0.4, 0.5) is 0 Å². The standard InChI is InChI=1S/C19H15ClN2O2/c20-17-6-3-7-18(11-17)24-13-19(23)22-21-12-14-8-9-15-4-1-2-5-16(15)10-14/h1-12H,13H2,(H,22,23)/b21-12-. The van der Waals surface area contributed by atoms with E-state index in [-0.39, 0.29) is 12.5 Å². The summed E-state index contributed by atoms with van der Waals surface area (Å²) >= 11 is 5.85. The summed E-state index contributed by atoms with van der Waals surface area (Å²) in [4.78, 5) is 11.7. The van der Waals surface area contributed by atoms with E-state index < -0.39 is 0 Å². The number of amides is 1. The third-order valence-corrected chi connectivity index (χ3v) is 3.58. The number of hydrazone groups is 1. The van der Waals surface area contributed by atoms with Gasteiger partial charge in [-0.3, -0.25) is 4.79 Å². The lowest BCUT2D eigenvalue weighted by molar-refractivity contribution is -0.123. The van der Waals surface area contributed by atoms with Crippen LogP contribution in [0.15, 0.2) is 71.8 Å². The number of carbonyl (C=O) groups excluding carboxylic acids is 1. The maximum Gasteiger partial charge on any atom is 0.277 e. The van der Waals surface area contributed by atoms with Crippen molar-refractivity contribution in [2.75, 3.05) is 6.61 Å². The second-order valence-electron chi connectivity index (χ2n) is 5.15. The second kappa shape index (κ2) is 7.62. The molecule has 0 saturated heterocycles. The average Bonchev–Trinajstić information content (AvgIpc) is 2.60. The Morgan fingerprint density at radius 3 is 2.71 bits per heavy atom. The fourth-order valence-electron chi connectivity index (χ4n) is 2.20. The molecular weight excluding hydrogens is 324 g/mol. The molecule has 0 fully saturated rings. The molecule has 0 aliphatic heterocycles. The molecule has 120 valence electrons. The van der Waals surface area contributed by atoms with Crippen LogP contribution in [-0.2, 0) is 4.79 Å². The van der Waals surface area contributed by atoms with Crippen molar-refractivity contribution in [3.8, 4) is 5.75 Å². The molecule has 0 heterocycles. The van der Waals surface area contributed by atoms with Crippen molar-refractivity contribution in [1.82, 2.24) is 5.43 Å². The number of rotatable bonds is 5. The smallest absolute Gasteiger partial charge is 0.277 e. The molecule has 0 atom stereocenters. The molecule has 5 heteroatoms. The largest absolute Gasteiger partial charge is 0.484 e. The Morgan fingerprint density at radius 2 is 1.88 bits per heavy atom. The summed E-state index contributed by atoms with van der Waals surface area (Å²) in [6.07, 6.45) is 1.60. The molecule has 0 aliphatic carbocycles. The summed E-state index contributed by atoms with van der Waals surface area (Å²) in [5.74, 6) is 0.197. The third-order valence-electron chi connectivity index (χ3n) is 3.34. The molecule has 0 bridgehead atoms. The quantitative estimate of drug-likeness (QED) is 0.564. The van der Waals surface area contributed by atoms with Gasteiger partial charge in [-0.05, 0) is 40.6 Å². The van der Waals surface area contributed by atoms with Crippen LogP contribution in [0.1, 0.15) is 5.56 Å². The molecule has 0 unspecified atom stereocenters. The molecule has 0 radical (unpaired) electrons. The highest BCUT2D eigenvalue weighted by Gasteiger charge is 2.01. The van der Waals surface area contributed by atoms with E-state index in [1.807, 2.05) is 42.5 Å². The molecule has 4 nitrogen and oxygen atoms in total. The Hall–Kier alpha value is -2.85. The molecule has 0 aromatic heterocycles. The number of halogens is 1. The number of nitrogens with one attached hydrogen (secondary N) is 1. The third kappa shape index (κ3) is 4.33. The van der Waals surface area contributed by atoms with E-state index in [4.69, 9.17) is 16.3 Å². The van der Waals surface area contributed by atoms with Crippen LogP contribution in [-0.4, -0.2) is 18.7 Å². The highest BCUT2D eigenvalue weighted by molar-refractivity contribution is 6.30. The number of fused-ring (bicyclic) bond motifs is 1. The molecule has 3 aromatic carbocycles. The second-order valence-corrected chi connectivity index (χ2v) is 5.58. The fraction of sp³-hybridized carbons (Fsp3) is 0.0526. The van der Waals surface area contributed by atoms with Gasteiger partial charge in [0.25, 0.3) is 5.91 Å². The molecule has 24 heavy (non-hydrogen) atoms. The first-order chi connectivity index (χ1) is 11.7. The lowest BCUT2D eigenvalue weighted by Crippen LogP contribution is -2.24. The zero-order chi connectivity index (χ0) is 16.8. The maximum atomic E-state index is 11.7. The summed E-state index contributed by atoms with van der Waals surface area (Å²) in [6, 6.07) is 20.9. The number of hydrogen-bond acceptors (Lipinski definition) is 3. The normalized spacial score (nSPS) is 10.9. The van der Waals surface area contributed by atoms with Crippen molar-refractivity contribution in [1.29, 1.82) is 0 Å². The first-order valence-electron chi connectivity index (χ1n) is 7.40. The minimum absolute atomic E-state index is 0.130. The Balaban J connectivity index is 1.54. The van der Waals surface area contributed by atoms with E-state index in [1.54, 1.807) is 30.5 Å². The van der Waals surface area contributed by atoms with Gasteiger partial charge in [0.1, 0.15) is 5.75 Å². The molecule has 0 spiro atoms. The summed E-state index contributed by atoms with van der Waals surface area (Å²) in [7, 11) is 0. The van der Waals surface area contributed by atoms with E-state index in [9.17, 15) is 4.79 Å². The van der Waals surface area contributed by atoms with Crippen molar-refractivity contribution < 1.29 is 9.53 Å². The van der Waals surface area contributed by atoms with Crippen LogP contribution in [0.5, 0.6) is 5.75 Å². The lowest BCUT2D eigenvalue weighted by atomic mass is 10.1. The molecular formula is C19H15ClN2O2. The highest BCUT2D eigenvalue weighted by Crippen LogP contribution is 2.17. The molecule has 3 rings (SSSR count). The van der Waals surface area contributed by atoms with E-state index in [0.717, 1.165) is 16.3 Å². The van der Waals surface area contributed by atoms with Crippen LogP contribution >= 0.6 is 11.6 Å². The summed E-state index contributed by atoms with van der Waals surface area (Å²) < 4.78 is 5.34. The molecule has 1 N–H and O–H groups in total. The molecule has 1 amide bonds. The van der Waals surface area contributed by atoms with Gasteiger partial charge in [0, 0.05) is 5.02 Å². The van der Waals surface area contributed by atoms with Crippen molar-refractivity contribution in [2.24, 2.45) is 5.10 Å². The number of benzene rings is 3. The predicted octanol–water partition coefficient (Wildman–Crippen LogP) is 4.02. The van der Waals surface area contributed by atoms with Crippen LogP contribution < -0.4 is 10.2 Å². The van der Waals surface area contributed by atoms with Gasteiger partial charge in [0.2, 0.25) is 0 Å². The van der Waals surface area contributed by atoms with Crippen molar-refractivity contribution in [3.63, 3.8) is 0 Å². The van der Waals surface area contributed by atoms with Gasteiger partial charge in [0.15, 0.2) is 6.61 Å². The van der Waals surface area contributed by atoms with Gasteiger partial charge in [-0.1, -0.05) is 54.1 Å². The summed E-state index contributed by atoms with van der Waals surface area (Å²) in [5, 5.41) is 6.79. The van der Waals surface area contributed by atoms with Crippen molar-refractivity contribution in [3.05, 3.63) is 77.3 Å². The van der Waals surface area contributed by atoms with Gasteiger partial charge in [-0.25, -0.2) is 5.43 Å². The number of nitrogens with zero attached hydrogens (tertiary/aromatic N) is 1. The van der Waals surface area contributed by atoms with Crippen molar-refractivity contribution in [2.45, 2.75) is 0 Å². The monoisotopic (exact) mass is 338 g/mol. The molecule has 3 aromatic rings. The van der Waals surface area contributed by atoms with Gasteiger partial charge >= 0.3 is 0 Å². The predicted molar refractivity (Wildman–Crippen MR) is 96.6 cm³/mol. The average molecular weight is 339 g/mol. The number of ether oxygens (including phenoxy) is 1. The van der Waals surface area contributed by atoms with E-state index in [1.165, 1.54) is 0 Å². The SMILES string of the molecule is O=C(COc1cccc(Cl)c1)N/N=C\c1ccc2ccccc2c1. The van der Waals surface area contributed by atoms with Gasteiger partial charge in [0.05, 0.1) is 6.21 Å². The zero-order valence-electron chi connectivity index (χ0n) is 12.8. The fourth-order valence-corrected chi connectivity index (χ4v) is 2.39. The van der Waals surface area contributed by atoms with Crippen LogP contribution in [0.2, 0.25) is 5.02 Å². The maximum absolute atomic E-state index is 11.7. The van der Waals surface area contributed by atoms with Crippen molar-refractivity contribution >= 4 is 34.5 Å². The first kappa shape index (κ1) is 16.0. The topological polar surface area (TPSA) is 50.7 Å². The first-order valence-corrected chi connectivity index (χ1v) is 7.77. The summed E-state index contributed by atoms with van der Waals surface area (Å²) in [5.41, 5.74) is 3.34. The van der Waals surface area contributed by atoms with Crippen LogP contribution in [0.3, 0.4) is 0 Å². The van der Waals surface area contributed by atoms with Crippen LogP contribution in [0, 0.1) is 0 Å². The van der Waals surface area contributed by atoms with E-state index in [0.29, 0.717) is 10.8 Å². The van der Waals surface area contributed by atoms with Crippen LogP contribution in [0.25, 0.3) is 10.8 Å². The molecule has 0 aliphatic rings. The minimum Gasteiger partial charge on any atom is -0.484 e. The molecule has 0 saturated carbocycles. The van der Waals surface area contributed by atoms with Gasteiger partial charge in [-0.2, -0.15) is 5.10 Å². The Kier molecular flexibility index (Phi) is 5.08. The Labute approximate surface area is 144 Å². The Bertz CT molecular complexity index is 893. The zero-order valence-corrected chi connectivity index (χ0v) is 13.5.